The van der Waals surface area contributed by atoms with Gasteiger partial charge in [0, 0.05) is 15.8 Å². The average molecular weight is 341 g/mol. The lowest BCUT2D eigenvalue weighted by atomic mass is 10.0. The van der Waals surface area contributed by atoms with Gasteiger partial charge in [-0.2, -0.15) is 5.10 Å². The second-order valence-electron chi connectivity index (χ2n) is 4.29. The molecule has 3 nitrogen and oxygen atoms in total. The zero-order valence-corrected chi connectivity index (χ0v) is 12.1. The summed E-state index contributed by atoms with van der Waals surface area (Å²) in [5, 5.41) is 4.33. The molecule has 0 aliphatic rings. The van der Waals surface area contributed by atoms with E-state index in [4.69, 9.17) is 5.73 Å². The first kappa shape index (κ1) is 12.6. The summed E-state index contributed by atoms with van der Waals surface area (Å²) in [6, 6.07) is 10.4. The van der Waals surface area contributed by atoms with Crippen molar-refractivity contribution < 1.29 is 0 Å². The summed E-state index contributed by atoms with van der Waals surface area (Å²) in [6.07, 6.45) is 1.81. The van der Waals surface area contributed by atoms with Crippen molar-refractivity contribution in [2.75, 3.05) is 0 Å². The van der Waals surface area contributed by atoms with Crippen molar-refractivity contribution in [3.8, 4) is 0 Å². The number of benzene rings is 1. The number of halogens is 1. The van der Waals surface area contributed by atoms with Gasteiger partial charge < -0.3 is 5.73 Å². The Kier molecular flexibility index (Phi) is 3.83. The van der Waals surface area contributed by atoms with Crippen LogP contribution in [0.5, 0.6) is 0 Å². The summed E-state index contributed by atoms with van der Waals surface area (Å²) >= 11 is 2.32. The Hall–Kier alpha value is -0.880. The number of hydrogen-bond acceptors (Lipinski definition) is 2. The molecule has 2 rings (SSSR count). The predicted octanol–water partition coefficient (Wildman–Crippen LogP) is 3.12. The summed E-state index contributed by atoms with van der Waals surface area (Å²) < 4.78 is 3.17. The smallest absolute Gasteiger partial charge is 0.0733 e. The minimum atomic E-state index is -0.118. The summed E-state index contributed by atoms with van der Waals surface area (Å²) in [7, 11) is 0. The lowest BCUT2D eigenvalue weighted by Crippen LogP contribution is -2.19. The third-order valence-corrected chi connectivity index (χ3v) is 3.73. The van der Waals surface area contributed by atoms with Crippen LogP contribution in [0.4, 0.5) is 0 Å². The van der Waals surface area contributed by atoms with Crippen molar-refractivity contribution in [2.24, 2.45) is 5.73 Å². The van der Waals surface area contributed by atoms with E-state index >= 15 is 0 Å². The third kappa shape index (κ3) is 2.52. The Morgan fingerprint density at radius 2 is 1.94 bits per heavy atom. The first-order valence-electron chi connectivity index (χ1n) is 5.64. The maximum atomic E-state index is 6.33. The average Bonchev–Trinajstić information content (AvgIpc) is 2.77. The molecule has 2 aromatic rings. The van der Waals surface area contributed by atoms with Crippen LogP contribution < -0.4 is 5.73 Å². The van der Waals surface area contributed by atoms with Crippen LogP contribution in [-0.2, 0) is 0 Å². The van der Waals surface area contributed by atoms with Gasteiger partial charge in [0.25, 0.3) is 0 Å². The van der Waals surface area contributed by atoms with Gasteiger partial charge in [0.1, 0.15) is 0 Å². The highest BCUT2D eigenvalue weighted by Gasteiger charge is 2.17. The lowest BCUT2D eigenvalue weighted by Gasteiger charge is -2.18. The van der Waals surface area contributed by atoms with Gasteiger partial charge in [-0.3, -0.25) is 4.68 Å². The largest absolute Gasteiger partial charge is 0.319 e. The maximum absolute atomic E-state index is 6.33. The number of nitrogens with zero attached hydrogens (tertiary/aromatic N) is 2. The second kappa shape index (κ2) is 5.18. The van der Waals surface area contributed by atoms with E-state index in [0.717, 1.165) is 11.3 Å². The third-order valence-electron chi connectivity index (χ3n) is 2.75. The van der Waals surface area contributed by atoms with Gasteiger partial charge in [-0.15, -0.1) is 0 Å². The van der Waals surface area contributed by atoms with Gasteiger partial charge in [-0.1, -0.05) is 18.2 Å². The van der Waals surface area contributed by atoms with Gasteiger partial charge in [0.05, 0.1) is 11.7 Å². The molecule has 0 bridgehead atoms. The fourth-order valence-corrected chi connectivity index (χ4v) is 2.61. The van der Waals surface area contributed by atoms with E-state index in [0.29, 0.717) is 6.04 Å². The van der Waals surface area contributed by atoms with Crippen molar-refractivity contribution in [1.82, 2.24) is 9.78 Å². The fourth-order valence-electron chi connectivity index (χ4n) is 1.89. The molecule has 17 heavy (non-hydrogen) atoms. The van der Waals surface area contributed by atoms with Crippen molar-refractivity contribution >= 4 is 22.6 Å². The van der Waals surface area contributed by atoms with Crippen LogP contribution in [0.25, 0.3) is 0 Å². The molecule has 0 fully saturated rings. The van der Waals surface area contributed by atoms with Gasteiger partial charge in [-0.25, -0.2) is 0 Å². The number of rotatable bonds is 3. The Bertz CT molecular complexity index is 505. The first-order valence-corrected chi connectivity index (χ1v) is 6.72. The van der Waals surface area contributed by atoms with E-state index in [2.05, 4.69) is 53.7 Å². The molecule has 0 saturated heterocycles. The van der Waals surface area contributed by atoms with Crippen LogP contribution in [0.2, 0.25) is 0 Å². The fraction of sp³-hybridized carbons (Fsp3) is 0.308. The molecule has 1 atom stereocenters. The summed E-state index contributed by atoms with van der Waals surface area (Å²) in [6.45, 7) is 4.22. The van der Waals surface area contributed by atoms with Gasteiger partial charge >= 0.3 is 0 Å². The zero-order valence-electron chi connectivity index (χ0n) is 9.97. The zero-order chi connectivity index (χ0) is 12.4. The van der Waals surface area contributed by atoms with Gasteiger partial charge in [-0.05, 0) is 54.1 Å². The minimum Gasteiger partial charge on any atom is -0.319 e. The van der Waals surface area contributed by atoms with E-state index in [1.807, 2.05) is 29.1 Å². The van der Waals surface area contributed by atoms with E-state index in [1.165, 1.54) is 3.57 Å². The number of hydrogen-bond donors (Lipinski definition) is 1. The monoisotopic (exact) mass is 341 g/mol. The van der Waals surface area contributed by atoms with Crippen molar-refractivity contribution in [2.45, 2.75) is 25.9 Å². The molecular formula is C13H16IN3. The molecule has 90 valence electrons. The molecule has 0 aliphatic carbocycles. The van der Waals surface area contributed by atoms with Gasteiger partial charge in [0.2, 0.25) is 0 Å². The number of nitrogens with two attached hydrogens (primary N) is 1. The maximum Gasteiger partial charge on any atom is 0.0733 e. The normalized spacial score (nSPS) is 13.0. The van der Waals surface area contributed by atoms with Crippen LogP contribution in [0.3, 0.4) is 0 Å². The van der Waals surface area contributed by atoms with Crippen molar-refractivity contribution in [3.63, 3.8) is 0 Å². The molecule has 4 heteroatoms. The molecule has 2 N–H and O–H groups in total. The standard InChI is InChI=1S/C13H16IN3/c1-9(2)17-12(7-8-16-17)13(15)10-5-3-4-6-11(10)14/h3-9,13H,15H2,1-2H3. The molecular weight excluding hydrogens is 325 g/mol. The summed E-state index contributed by atoms with van der Waals surface area (Å²) in [4.78, 5) is 0. The van der Waals surface area contributed by atoms with Crippen molar-refractivity contribution in [1.29, 1.82) is 0 Å². The molecule has 1 unspecified atom stereocenters. The first-order chi connectivity index (χ1) is 8.11. The molecule has 1 heterocycles. The van der Waals surface area contributed by atoms with E-state index < -0.39 is 0 Å². The van der Waals surface area contributed by atoms with Crippen LogP contribution in [0.15, 0.2) is 36.5 Å². The predicted molar refractivity (Wildman–Crippen MR) is 77.8 cm³/mol. The Morgan fingerprint density at radius 3 is 2.59 bits per heavy atom. The van der Waals surface area contributed by atoms with E-state index in [1.54, 1.807) is 0 Å². The lowest BCUT2D eigenvalue weighted by molar-refractivity contribution is 0.499. The quantitative estimate of drug-likeness (QED) is 0.872. The topological polar surface area (TPSA) is 43.8 Å². The molecule has 1 aromatic carbocycles. The summed E-state index contributed by atoms with van der Waals surface area (Å²) in [5.74, 6) is 0. The second-order valence-corrected chi connectivity index (χ2v) is 5.46. The van der Waals surface area contributed by atoms with Crippen molar-refractivity contribution in [3.05, 3.63) is 51.4 Å². The summed E-state index contributed by atoms with van der Waals surface area (Å²) in [5.41, 5.74) is 8.54. The molecule has 0 amide bonds. The van der Waals surface area contributed by atoms with Crippen LogP contribution in [0.1, 0.15) is 37.2 Å². The van der Waals surface area contributed by atoms with E-state index in [9.17, 15) is 0 Å². The Balaban J connectivity index is 2.41. The minimum absolute atomic E-state index is 0.118. The van der Waals surface area contributed by atoms with Gasteiger partial charge in [0.15, 0.2) is 0 Å². The Morgan fingerprint density at radius 1 is 1.24 bits per heavy atom. The highest BCUT2D eigenvalue weighted by atomic mass is 127. The molecule has 1 aromatic heterocycles. The molecule has 0 spiro atoms. The van der Waals surface area contributed by atoms with Crippen LogP contribution in [0, 0.1) is 3.57 Å². The van der Waals surface area contributed by atoms with E-state index in [-0.39, 0.29) is 6.04 Å². The van der Waals surface area contributed by atoms with Crippen LogP contribution in [-0.4, -0.2) is 9.78 Å². The van der Waals surface area contributed by atoms with Crippen LogP contribution >= 0.6 is 22.6 Å². The Labute approximate surface area is 115 Å². The molecule has 0 aliphatic heterocycles. The molecule has 0 saturated carbocycles. The highest BCUT2D eigenvalue weighted by molar-refractivity contribution is 14.1. The SMILES string of the molecule is CC(C)n1nccc1C(N)c1ccccc1I. The highest BCUT2D eigenvalue weighted by Crippen LogP contribution is 2.25. The molecule has 0 radical (unpaired) electrons. The number of aromatic nitrogens is 2.